The third kappa shape index (κ3) is 3.11. The summed E-state index contributed by atoms with van der Waals surface area (Å²) >= 11 is 0. The summed E-state index contributed by atoms with van der Waals surface area (Å²) in [6.07, 6.45) is 5.03. The Balaban J connectivity index is 0.00000162. The van der Waals surface area contributed by atoms with Gasteiger partial charge in [0.25, 0.3) is 0 Å². The van der Waals surface area contributed by atoms with E-state index in [-0.39, 0.29) is 18.4 Å². The molecule has 1 atom stereocenters. The number of hydrogen-bond donors (Lipinski definition) is 0. The van der Waals surface area contributed by atoms with E-state index in [2.05, 4.69) is 4.98 Å². The van der Waals surface area contributed by atoms with Crippen molar-refractivity contribution in [3.63, 3.8) is 0 Å². The summed E-state index contributed by atoms with van der Waals surface area (Å²) in [6, 6.07) is 9.07. The standard InChI is InChI=1S/C13H14N2O2.ClH/c1-2-17-13(16)12(15-9-8-14-10-15)11-6-4-3-5-7-11;/h3-10,12H,2H2,1H3;1H/p-1. The van der Waals surface area contributed by atoms with Crippen LogP contribution < -0.4 is 12.4 Å². The summed E-state index contributed by atoms with van der Waals surface area (Å²) in [5.41, 5.74) is 0.893. The van der Waals surface area contributed by atoms with E-state index in [1.54, 1.807) is 30.2 Å². The Bertz CT molecular complexity index is 471. The van der Waals surface area contributed by atoms with Crippen LogP contribution in [0.3, 0.4) is 0 Å². The second-order valence-electron chi connectivity index (χ2n) is 3.58. The third-order valence-corrected chi connectivity index (χ3v) is 2.45. The Morgan fingerprint density at radius 3 is 2.67 bits per heavy atom. The number of esters is 1. The lowest BCUT2D eigenvalue weighted by molar-refractivity contribution is -0.145. The molecule has 0 saturated heterocycles. The van der Waals surface area contributed by atoms with Crippen LogP contribution in [0, 0.1) is 0 Å². The Morgan fingerprint density at radius 2 is 2.11 bits per heavy atom. The summed E-state index contributed by atoms with van der Waals surface area (Å²) in [5.74, 6) is -0.267. The lowest BCUT2D eigenvalue weighted by Gasteiger charge is -2.17. The molecule has 0 aliphatic rings. The molecule has 1 aromatic heterocycles. The second-order valence-corrected chi connectivity index (χ2v) is 3.58. The van der Waals surface area contributed by atoms with Crippen LogP contribution in [0.5, 0.6) is 0 Å². The van der Waals surface area contributed by atoms with E-state index in [9.17, 15) is 4.79 Å². The van der Waals surface area contributed by atoms with Crippen molar-refractivity contribution < 1.29 is 21.9 Å². The van der Waals surface area contributed by atoms with Crippen LogP contribution in [0.1, 0.15) is 18.5 Å². The van der Waals surface area contributed by atoms with E-state index < -0.39 is 6.04 Å². The molecule has 1 heterocycles. The highest BCUT2D eigenvalue weighted by Gasteiger charge is 2.22. The van der Waals surface area contributed by atoms with Crippen molar-refractivity contribution in [2.75, 3.05) is 6.61 Å². The SMILES string of the molecule is CCOC(=O)C(c1ccccc1)n1ccnc1.[Cl-]. The molecular weight excluding hydrogens is 252 g/mol. The van der Waals surface area contributed by atoms with Crippen molar-refractivity contribution in [3.05, 3.63) is 54.6 Å². The molecule has 2 rings (SSSR count). The summed E-state index contributed by atoms with van der Waals surface area (Å²) in [5, 5.41) is 0. The number of aromatic nitrogens is 2. The molecule has 0 N–H and O–H groups in total. The summed E-state index contributed by atoms with van der Waals surface area (Å²) in [4.78, 5) is 15.9. The number of rotatable bonds is 4. The Kier molecular flexibility index (Phi) is 5.39. The lowest BCUT2D eigenvalue weighted by atomic mass is 10.1. The van der Waals surface area contributed by atoms with E-state index in [4.69, 9.17) is 4.74 Å². The first kappa shape index (κ1) is 14.3. The molecule has 1 aromatic carbocycles. The van der Waals surface area contributed by atoms with Gasteiger partial charge in [-0.1, -0.05) is 30.3 Å². The van der Waals surface area contributed by atoms with Crippen LogP contribution in [0.15, 0.2) is 49.1 Å². The van der Waals surface area contributed by atoms with Crippen LogP contribution in [0.25, 0.3) is 0 Å². The maximum atomic E-state index is 12.0. The van der Waals surface area contributed by atoms with E-state index in [1.165, 1.54) is 0 Å². The summed E-state index contributed by atoms with van der Waals surface area (Å²) in [7, 11) is 0. The molecule has 18 heavy (non-hydrogen) atoms. The Morgan fingerprint density at radius 1 is 1.39 bits per heavy atom. The highest BCUT2D eigenvalue weighted by Crippen LogP contribution is 2.19. The smallest absolute Gasteiger partial charge is 0.333 e. The fourth-order valence-electron chi connectivity index (χ4n) is 1.71. The van der Waals surface area contributed by atoms with Gasteiger partial charge in [0.15, 0.2) is 6.04 Å². The normalized spacial score (nSPS) is 11.4. The van der Waals surface area contributed by atoms with Crippen molar-refractivity contribution in [1.82, 2.24) is 9.55 Å². The van der Waals surface area contributed by atoms with Gasteiger partial charge >= 0.3 is 5.97 Å². The molecule has 4 nitrogen and oxygen atoms in total. The lowest BCUT2D eigenvalue weighted by Crippen LogP contribution is -3.00. The molecule has 0 saturated carbocycles. The summed E-state index contributed by atoms with van der Waals surface area (Å²) in [6.45, 7) is 2.17. The minimum absolute atomic E-state index is 0. The topological polar surface area (TPSA) is 44.1 Å². The number of carbonyl (C=O) groups is 1. The van der Waals surface area contributed by atoms with Crippen LogP contribution in [-0.4, -0.2) is 22.1 Å². The number of carbonyl (C=O) groups excluding carboxylic acids is 1. The van der Waals surface area contributed by atoms with Gasteiger partial charge in [-0.25, -0.2) is 9.78 Å². The summed E-state index contributed by atoms with van der Waals surface area (Å²) < 4.78 is 6.84. The van der Waals surface area contributed by atoms with Crippen molar-refractivity contribution >= 4 is 5.97 Å². The fraction of sp³-hybridized carbons (Fsp3) is 0.231. The average Bonchev–Trinajstić information content (AvgIpc) is 2.85. The van der Waals surface area contributed by atoms with Gasteiger partial charge in [0, 0.05) is 12.4 Å². The molecular formula is C13H14ClN2O2-. The fourth-order valence-corrected chi connectivity index (χ4v) is 1.71. The Labute approximate surface area is 112 Å². The van der Waals surface area contributed by atoms with E-state index in [1.807, 2.05) is 30.3 Å². The molecule has 0 aliphatic heterocycles. The van der Waals surface area contributed by atoms with Crippen molar-refractivity contribution in [2.45, 2.75) is 13.0 Å². The molecule has 96 valence electrons. The molecule has 2 aromatic rings. The largest absolute Gasteiger partial charge is 1.00 e. The number of benzene rings is 1. The Hall–Kier alpha value is -1.81. The molecule has 5 heteroatoms. The van der Waals surface area contributed by atoms with Gasteiger partial charge in [-0.2, -0.15) is 0 Å². The predicted molar refractivity (Wildman–Crippen MR) is 63.4 cm³/mol. The molecule has 0 amide bonds. The van der Waals surface area contributed by atoms with Crippen molar-refractivity contribution in [2.24, 2.45) is 0 Å². The number of nitrogens with zero attached hydrogens (tertiary/aromatic N) is 2. The molecule has 0 aliphatic carbocycles. The monoisotopic (exact) mass is 265 g/mol. The maximum absolute atomic E-state index is 12.0. The van der Waals surface area contributed by atoms with Crippen molar-refractivity contribution in [3.8, 4) is 0 Å². The van der Waals surface area contributed by atoms with E-state index in [0.717, 1.165) is 5.56 Å². The van der Waals surface area contributed by atoms with Gasteiger partial charge in [-0.3, -0.25) is 0 Å². The van der Waals surface area contributed by atoms with Crippen LogP contribution in [0.4, 0.5) is 0 Å². The first-order valence-electron chi connectivity index (χ1n) is 5.52. The number of imidazole rings is 1. The zero-order valence-electron chi connectivity index (χ0n) is 9.99. The quantitative estimate of drug-likeness (QED) is 0.669. The zero-order chi connectivity index (χ0) is 12.1. The zero-order valence-corrected chi connectivity index (χ0v) is 10.7. The number of ether oxygens (including phenoxy) is 1. The third-order valence-electron chi connectivity index (χ3n) is 2.45. The van der Waals surface area contributed by atoms with Gasteiger partial charge in [0.1, 0.15) is 0 Å². The predicted octanol–water partition coefficient (Wildman–Crippen LogP) is -0.960. The second kappa shape index (κ2) is 6.81. The van der Waals surface area contributed by atoms with E-state index >= 15 is 0 Å². The van der Waals surface area contributed by atoms with Gasteiger partial charge in [-0.05, 0) is 12.5 Å². The first-order valence-corrected chi connectivity index (χ1v) is 5.52. The van der Waals surface area contributed by atoms with E-state index in [0.29, 0.717) is 6.61 Å². The van der Waals surface area contributed by atoms with Gasteiger partial charge in [0.2, 0.25) is 0 Å². The van der Waals surface area contributed by atoms with Gasteiger partial charge in [-0.15, -0.1) is 0 Å². The van der Waals surface area contributed by atoms with Crippen LogP contribution >= 0.6 is 0 Å². The molecule has 0 spiro atoms. The van der Waals surface area contributed by atoms with Gasteiger partial charge < -0.3 is 21.7 Å². The average molecular weight is 266 g/mol. The molecule has 0 fully saturated rings. The highest BCUT2D eigenvalue weighted by molar-refractivity contribution is 5.78. The molecule has 0 bridgehead atoms. The minimum Gasteiger partial charge on any atom is -1.00 e. The molecule has 1 unspecified atom stereocenters. The van der Waals surface area contributed by atoms with Crippen LogP contribution in [-0.2, 0) is 9.53 Å². The van der Waals surface area contributed by atoms with Gasteiger partial charge in [0.05, 0.1) is 12.9 Å². The minimum atomic E-state index is -0.460. The van der Waals surface area contributed by atoms with Crippen LogP contribution in [0.2, 0.25) is 0 Å². The number of hydrogen-bond acceptors (Lipinski definition) is 3. The highest BCUT2D eigenvalue weighted by atomic mass is 35.5. The number of halogens is 1. The molecule has 0 radical (unpaired) electrons. The van der Waals surface area contributed by atoms with Crippen molar-refractivity contribution in [1.29, 1.82) is 0 Å². The first-order chi connectivity index (χ1) is 8.33. The maximum Gasteiger partial charge on any atom is 0.333 e.